The van der Waals surface area contributed by atoms with Gasteiger partial charge in [0.1, 0.15) is 0 Å². The van der Waals surface area contributed by atoms with Gasteiger partial charge in [0.2, 0.25) is 11.8 Å². The van der Waals surface area contributed by atoms with E-state index in [4.69, 9.17) is 10.5 Å². The van der Waals surface area contributed by atoms with Crippen LogP contribution in [-0.2, 0) is 11.3 Å². The summed E-state index contributed by atoms with van der Waals surface area (Å²) in [5.74, 6) is 0.342. The maximum absolute atomic E-state index is 11.8. The van der Waals surface area contributed by atoms with Crippen molar-refractivity contribution in [3.8, 4) is 5.88 Å². The molecule has 1 amide bonds. The summed E-state index contributed by atoms with van der Waals surface area (Å²) >= 11 is 0. The molecule has 0 saturated carbocycles. The molecule has 1 rings (SSSR count). The Morgan fingerprint density at radius 1 is 1.65 bits per heavy atom. The van der Waals surface area contributed by atoms with Crippen LogP contribution in [0.4, 0.5) is 0 Å². The number of nitrogens with two attached hydrogens (primary N) is 1. The van der Waals surface area contributed by atoms with Crippen molar-refractivity contribution in [1.29, 1.82) is 0 Å². The van der Waals surface area contributed by atoms with Gasteiger partial charge in [0, 0.05) is 18.3 Å². The fourth-order valence-electron chi connectivity index (χ4n) is 1.28. The van der Waals surface area contributed by atoms with Gasteiger partial charge in [0.05, 0.1) is 12.6 Å². The highest BCUT2D eigenvalue weighted by Gasteiger charge is 2.25. The molecule has 5 nitrogen and oxygen atoms in total. The molecule has 1 heterocycles. The maximum atomic E-state index is 11.8. The summed E-state index contributed by atoms with van der Waals surface area (Å²) in [6.07, 6.45) is 2.23. The first-order valence-corrected chi connectivity index (χ1v) is 5.56. The van der Waals surface area contributed by atoms with Crippen molar-refractivity contribution < 1.29 is 9.53 Å². The number of carbonyl (C=O) groups excluding carboxylic acids is 1. The monoisotopic (exact) mass is 237 g/mol. The lowest BCUT2D eigenvalue weighted by Crippen LogP contribution is -2.50. The van der Waals surface area contributed by atoms with E-state index in [1.165, 1.54) is 0 Å². The minimum atomic E-state index is -0.838. The van der Waals surface area contributed by atoms with Crippen molar-refractivity contribution in [1.82, 2.24) is 10.3 Å². The molecule has 0 fully saturated rings. The van der Waals surface area contributed by atoms with Crippen molar-refractivity contribution in [2.45, 2.75) is 32.4 Å². The molecule has 3 N–H and O–H groups in total. The number of nitrogens with one attached hydrogen (secondary N) is 1. The first-order chi connectivity index (χ1) is 8.01. The van der Waals surface area contributed by atoms with Gasteiger partial charge in [-0.15, -0.1) is 0 Å². The summed E-state index contributed by atoms with van der Waals surface area (Å²) in [4.78, 5) is 15.8. The molecule has 17 heavy (non-hydrogen) atoms. The minimum Gasteiger partial charge on any atom is -0.481 e. The largest absolute Gasteiger partial charge is 0.481 e. The molecule has 0 saturated heterocycles. The molecule has 0 aliphatic carbocycles. The Bertz CT molecular complexity index is 391. The fraction of sp³-hybridized carbons (Fsp3) is 0.500. The molecular formula is C12H19N3O2. The molecule has 0 aromatic carbocycles. The molecule has 0 radical (unpaired) electrons. The second-order valence-electron chi connectivity index (χ2n) is 4.13. The van der Waals surface area contributed by atoms with E-state index in [1.807, 2.05) is 13.0 Å². The van der Waals surface area contributed by atoms with E-state index in [-0.39, 0.29) is 5.91 Å². The second kappa shape index (κ2) is 5.63. The Labute approximate surface area is 101 Å². The second-order valence-corrected chi connectivity index (χ2v) is 4.13. The zero-order valence-electron chi connectivity index (χ0n) is 10.5. The van der Waals surface area contributed by atoms with Crippen molar-refractivity contribution in [2.75, 3.05) is 7.11 Å². The van der Waals surface area contributed by atoms with Crippen LogP contribution in [-0.4, -0.2) is 23.5 Å². The predicted octanol–water partition coefficient (Wildman–Crippen LogP) is 0.834. The summed E-state index contributed by atoms with van der Waals surface area (Å²) in [5.41, 5.74) is 5.83. The topological polar surface area (TPSA) is 77.2 Å². The highest BCUT2D eigenvalue weighted by Crippen LogP contribution is 2.13. The molecule has 1 unspecified atom stereocenters. The summed E-state index contributed by atoms with van der Waals surface area (Å²) in [7, 11) is 1.55. The normalized spacial score (nSPS) is 13.9. The van der Waals surface area contributed by atoms with Crippen LogP contribution < -0.4 is 15.8 Å². The number of amides is 1. The average molecular weight is 237 g/mol. The molecule has 94 valence electrons. The quantitative estimate of drug-likeness (QED) is 0.795. The first-order valence-electron chi connectivity index (χ1n) is 5.56. The minimum absolute atomic E-state index is 0.175. The van der Waals surface area contributed by atoms with Gasteiger partial charge in [-0.05, 0) is 19.4 Å². The molecule has 1 aromatic heterocycles. The van der Waals surface area contributed by atoms with Crippen LogP contribution in [0.25, 0.3) is 0 Å². The molecule has 0 spiro atoms. The van der Waals surface area contributed by atoms with Crippen molar-refractivity contribution >= 4 is 5.91 Å². The molecule has 5 heteroatoms. The summed E-state index contributed by atoms with van der Waals surface area (Å²) in [6, 6.07) is 3.65. The highest BCUT2D eigenvalue weighted by atomic mass is 16.5. The van der Waals surface area contributed by atoms with Crippen LogP contribution in [0.3, 0.4) is 0 Å². The third kappa shape index (κ3) is 3.42. The van der Waals surface area contributed by atoms with Gasteiger partial charge in [0.25, 0.3) is 0 Å². The molecular weight excluding hydrogens is 218 g/mol. The number of nitrogens with zero attached hydrogens (tertiary/aromatic N) is 1. The third-order valence-electron chi connectivity index (χ3n) is 2.74. The number of rotatable bonds is 5. The summed E-state index contributed by atoms with van der Waals surface area (Å²) in [5, 5.41) is 2.78. The predicted molar refractivity (Wildman–Crippen MR) is 65.5 cm³/mol. The van der Waals surface area contributed by atoms with Crippen LogP contribution in [0.15, 0.2) is 18.3 Å². The zero-order valence-corrected chi connectivity index (χ0v) is 10.5. The van der Waals surface area contributed by atoms with Gasteiger partial charge in [-0.25, -0.2) is 4.98 Å². The lowest BCUT2D eigenvalue weighted by Gasteiger charge is -2.21. The summed E-state index contributed by atoms with van der Waals surface area (Å²) < 4.78 is 5.10. The standard InChI is InChI=1S/C12H19N3O2/c1-4-12(2,13)11(16)15-8-9-6-5-7-14-10(9)17-3/h5-7H,4,8,13H2,1-3H3,(H,15,16). The molecule has 0 bridgehead atoms. The van der Waals surface area contributed by atoms with Gasteiger partial charge in [-0.2, -0.15) is 0 Å². The smallest absolute Gasteiger partial charge is 0.240 e. The van der Waals surface area contributed by atoms with Crippen molar-refractivity contribution in [3.63, 3.8) is 0 Å². The number of methoxy groups -OCH3 is 1. The molecule has 0 aliphatic heterocycles. The Balaban J connectivity index is 2.65. The van der Waals surface area contributed by atoms with E-state index in [0.717, 1.165) is 5.56 Å². The number of ether oxygens (including phenoxy) is 1. The summed E-state index contributed by atoms with van der Waals surface area (Å²) in [6.45, 7) is 3.95. The van der Waals surface area contributed by atoms with E-state index < -0.39 is 5.54 Å². The van der Waals surface area contributed by atoms with Gasteiger partial charge < -0.3 is 15.8 Å². The van der Waals surface area contributed by atoms with Crippen molar-refractivity contribution in [2.24, 2.45) is 5.73 Å². The lowest BCUT2D eigenvalue weighted by atomic mass is 9.99. The molecule has 1 aromatic rings. The van der Waals surface area contributed by atoms with Crippen LogP contribution >= 0.6 is 0 Å². The van der Waals surface area contributed by atoms with Gasteiger partial charge in [-0.1, -0.05) is 13.0 Å². The van der Waals surface area contributed by atoms with Crippen LogP contribution in [0.1, 0.15) is 25.8 Å². The lowest BCUT2D eigenvalue weighted by molar-refractivity contribution is -0.126. The van der Waals surface area contributed by atoms with Crippen LogP contribution in [0.5, 0.6) is 5.88 Å². The van der Waals surface area contributed by atoms with E-state index in [9.17, 15) is 4.79 Å². The van der Waals surface area contributed by atoms with Gasteiger partial charge in [-0.3, -0.25) is 4.79 Å². The molecule has 0 aliphatic rings. The Hall–Kier alpha value is -1.62. The van der Waals surface area contributed by atoms with Gasteiger partial charge in [0.15, 0.2) is 0 Å². The number of aromatic nitrogens is 1. The van der Waals surface area contributed by atoms with Crippen LogP contribution in [0.2, 0.25) is 0 Å². The first kappa shape index (κ1) is 13.4. The highest BCUT2D eigenvalue weighted by molar-refractivity contribution is 5.85. The number of hydrogen-bond donors (Lipinski definition) is 2. The van der Waals surface area contributed by atoms with Gasteiger partial charge >= 0.3 is 0 Å². The van der Waals surface area contributed by atoms with Crippen LogP contribution in [0, 0.1) is 0 Å². The van der Waals surface area contributed by atoms with E-state index in [1.54, 1.807) is 26.3 Å². The van der Waals surface area contributed by atoms with E-state index >= 15 is 0 Å². The third-order valence-corrected chi connectivity index (χ3v) is 2.74. The number of carbonyl (C=O) groups is 1. The number of hydrogen-bond acceptors (Lipinski definition) is 4. The number of pyridine rings is 1. The Morgan fingerprint density at radius 3 is 2.94 bits per heavy atom. The van der Waals surface area contributed by atoms with E-state index in [2.05, 4.69) is 10.3 Å². The molecule has 1 atom stereocenters. The van der Waals surface area contributed by atoms with Crippen molar-refractivity contribution in [3.05, 3.63) is 23.9 Å². The fourth-order valence-corrected chi connectivity index (χ4v) is 1.28. The Morgan fingerprint density at radius 2 is 2.35 bits per heavy atom. The maximum Gasteiger partial charge on any atom is 0.240 e. The Kier molecular flexibility index (Phi) is 4.45. The zero-order chi connectivity index (χ0) is 12.9. The average Bonchev–Trinajstić information content (AvgIpc) is 2.36. The SMILES string of the molecule is CCC(C)(N)C(=O)NCc1cccnc1OC. The van der Waals surface area contributed by atoms with E-state index in [0.29, 0.717) is 18.8 Å².